The monoisotopic (exact) mass is 314 g/mol. The molecule has 1 saturated carbocycles. The van der Waals surface area contributed by atoms with E-state index in [0.717, 1.165) is 37.5 Å². The molecule has 23 heavy (non-hydrogen) atoms. The standard InChI is InChI=1S/C20H30N2O/c1-16(23-12-11-21-9-5-6-10-21)20-18-14-22(15-19(18)20)13-17-7-3-2-4-8-17/h2-4,7-8,16,18-20H,5-6,9-15H2,1H3. The van der Waals surface area contributed by atoms with Crippen LogP contribution in [0.5, 0.6) is 0 Å². The fourth-order valence-corrected chi connectivity index (χ4v) is 4.81. The summed E-state index contributed by atoms with van der Waals surface area (Å²) in [5.41, 5.74) is 1.44. The van der Waals surface area contributed by atoms with E-state index >= 15 is 0 Å². The first-order valence-electron chi connectivity index (χ1n) is 9.41. The summed E-state index contributed by atoms with van der Waals surface area (Å²) in [5.74, 6) is 2.60. The average molecular weight is 314 g/mol. The summed E-state index contributed by atoms with van der Waals surface area (Å²) in [7, 11) is 0. The molecule has 2 saturated heterocycles. The lowest BCUT2D eigenvalue weighted by Crippen LogP contribution is -2.29. The highest BCUT2D eigenvalue weighted by atomic mass is 16.5. The second-order valence-electron chi connectivity index (χ2n) is 7.71. The van der Waals surface area contributed by atoms with E-state index in [1.54, 1.807) is 0 Å². The molecule has 0 aromatic heterocycles. The molecule has 3 aliphatic rings. The molecule has 0 bridgehead atoms. The van der Waals surface area contributed by atoms with Gasteiger partial charge in [0.1, 0.15) is 0 Å². The van der Waals surface area contributed by atoms with Crippen LogP contribution in [-0.4, -0.2) is 55.2 Å². The largest absolute Gasteiger partial charge is 0.377 e. The predicted molar refractivity (Wildman–Crippen MR) is 93.3 cm³/mol. The van der Waals surface area contributed by atoms with Crippen LogP contribution in [0, 0.1) is 17.8 Å². The Morgan fingerprint density at radius 2 is 1.74 bits per heavy atom. The molecule has 3 atom stereocenters. The molecule has 0 radical (unpaired) electrons. The van der Waals surface area contributed by atoms with E-state index in [0.29, 0.717) is 6.10 Å². The number of fused-ring (bicyclic) bond motifs is 1. The van der Waals surface area contributed by atoms with Crippen molar-refractivity contribution in [1.29, 1.82) is 0 Å². The Bertz CT molecular complexity index is 488. The minimum atomic E-state index is 0.450. The summed E-state index contributed by atoms with van der Waals surface area (Å²) in [6, 6.07) is 10.9. The van der Waals surface area contributed by atoms with Gasteiger partial charge in [0.25, 0.3) is 0 Å². The number of likely N-dealkylation sites (tertiary alicyclic amines) is 2. The van der Waals surface area contributed by atoms with Crippen molar-refractivity contribution in [2.75, 3.05) is 39.3 Å². The Morgan fingerprint density at radius 1 is 1.04 bits per heavy atom. The van der Waals surface area contributed by atoms with Gasteiger partial charge in [-0.3, -0.25) is 4.90 Å². The molecule has 1 aliphatic carbocycles. The maximum Gasteiger partial charge on any atom is 0.0597 e. The first-order chi connectivity index (χ1) is 11.3. The quantitative estimate of drug-likeness (QED) is 0.770. The number of rotatable bonds is 7. The van der Waals surface area contributed by atoms with Gasteiger partial charge < -0.3 is 9.64 Å². The SMILES string of the molecule is CC(OCCN1CCCC1)C1C2CN(Cc3ccccc3)CC21. The van der Waals surface area contributed by atoms with Crippen molar-refractivity contribution in [2.45, 2.75) is 32.4 Å². The maximum absolute atomic E-state index is 6.16. The molecule has 3 heteroatoms. The Balaban J connectivity index is 1.16. The highest BCUT2D eigenvalue weighted by Crippen LogP contribution is 2.54. The minimum Gasteiger partial charge on any atom is -0.377 e. The number of piperidine rings is 1. The number of nitrogens with zero attached hydrogens (tertiary/aromatic N) is 2. The molecular weight excluding hydrogens is 284 g/mol. The molecule has 0 amide bonds. The zero-order chi connectivity index (χ0) is 15.6. The molecule has 1 aromatic carbocycles. The first kappa shape index (κ1) is 15.6. The molecule has 0 spiro atoms. The van der Waals surface area contributed by atoms with E-state index in [9.17, 15) is 0 Å². The molecule has 2 aliphatic heterocycles. The van der Waals surface area contributed by atoms with E-state index < -0.39 is 0 Å². The van der Waals surface area contributed by atoms with E-state index in [-0.39, 0.29) is 0 Å². The van der Waals surface area contributed by atoms with Gasteiger partial charge in [0, 0.05) is 26.2 Å². The van der Waals surface area contributed by atoms with E-state index in [1.165, 1.54) is 44.6 Å². The van der Waals surface area contributed by atoms with E-state index in [1.807, 2.05) is 0 Å². The van der Waals surface area contributed by atoms with E-state index in [4.69, 9.17) is 4.74 Å². The van der Waals surface area contributed by atoms with Crippen LogP contribution in [0.4, 0.5) is 0 Å². The highest BCUT2D eigenvalue weighted by molar-refractivity contribution is 5.16. The predicted octanol–water partition coefficient (Wildman–Crippen LogP) is 2.87. The topological polar surface area (TPSA) is 15.7 Å². The summed E-state index contributed by atoms with van der Waals surface area (Å²) in [6.07, 6.45) is 3.20. The van der Waals surface area contributed by atoms with Crippen molar-refractivity contribution < 1.29 is 4.74 Å². The molecule has 0 N–H and O–H groups in total. The summed E-state index contributed by atoms with van der Waals surface area (Å²) in [4.78, 5) is 5.17. The third kappa shape index (κ3) is 3.62. The van der Waals surface area contributed by atoms with Gasteiger partial charge in [-0.25, -0.2) is 0 Å². The Morgan fingerprint density at radius 3 is 2.43 bits per heavy atom. The van der Waals surface area contributed by atoms with Gasteiger partial charge in [-0.05, 0) is 56.2 Å². The van der Waals surface area contributed by atoms with Gasteiger partial charge in [0.15, 0.2) is 0 Å². The summed E-state index contributed by atoms with van der Waals surface area (Å²) >= 11 is 0. The van der Waals surface area contributed by atoms with Gasteiger partial charge >= 0.3 is 0 Å². The van der Waals surface area contributed by atoms with Crippen LogP contribution in [0.15, 0.2) is 30.3 Å². The summed E-state index contributed by atoms with van der Waals surface area (Å²) in [5, 5.41) is 0. The fourth-order valence-electron chi connectivity index (χ4n) is 4.81. The van der Waals surface area contributed by atoms with Crippen molar-refractivity contribution >= 4 is 0 Å². The maximum atomic E-state index is 6.16. The van der Waals surface area contributed by atoms with Crippen molar-refractivity contribution in [3.8, 4) is 0 Å². The Labute approximate surface area is 140 Å². The molecule has 4 rings (SSSR count). The minimum absolute atomic E-state index is 0.450. The Kier molecular flexibility index (Phi) is 4.70. The molecule has 3 nitrogen and oxygen atoms in total. The van der Waals surface area contributed by atoms with Crippen LogP contribution in [0.3, 0.4) is 0 Å². The Hall–Kier alpha value is -0.900. The molecule has 3 unspecified atom stereocenters. The molecule has 3 fully saturated rings. The van der Waals surface area contributed by atoms with Crippen LogP contribution < -0.4 is 0 Å². The first-order valence-corrected chi connectivity index (χ1v) is 9.41. The van der Waals surface area contributed by atoms with Crippen LogP contribution in [0.2, 0.25) is 0 Å². The van der Waals surface area contributed by atoms with Crippen LogP contribution in [0.1, 0.15) is 25.3 Å². The second kappa shape index (κ2) is 6.92. The zero-order valence-corrected chi connectivity index (χ0v) is 14.4. The van der Waals surface area contributed by atoms with Crippen molar-refractivity contribution in [2.24, 2.45) is 17.8 Å². The smallest absolute Gasteiger partial charge is 0.0597 e. The van der Waals surface area contributed by atoms with E-state index in [2.05, 4.69) is 47.1 Å². The van der Waals surface area contributed by atoms with Crippen LogP contribution in [0.25, 0.3) is 0 Å². The molecule has 126 valence electrons. The van der Waals surface area contributed by atoms with Gasteiger partial charge in [-0.1, -0.05) is 30.3 Å². The van der Waals surface area contributed by atoms with Gasteiger partial charge in [0.05, 0.1) is 12.7 Å². The third-order valence-electron chi connectivity index (χ3n) is 6.11. The second-order valence-corrected chi connectivity index (χ2v) is 7.71. The number of hydrogen-bond acceptors (Lipinski definition) is 3. The van der Waals surface area contributed by atoms with Gasteiger partial charge in [0.2, 0.25) is 0 Å². The summed E-state index contributed by atoms with van der Waals surface area (Å²) < 4.78 is 6.16. The molecule has 2 heterocycles. The van der Waals surface area contributed by atoms with Gasteiger partial charge in [-0.15, -0.1) is 0 Å². The van der Waals surface area contributed by atoms with Crippen molar-refractivity contribution in [3.05, 3.63) is 35.9 Å². The van der Waals surface area contributed by atoms with Crippen LogP contribution in [-0.2, 0) is 11.3 Å². The normalized spacial score (nSPS) is 32.1. The lowest BCUT2D eigenvalue weighted by molar-refractivity contribution is 0.0277. The fraction of sp³-hybridized carbons (Fsp3) is 0.700. The highest BCUT2D eigenvalue weighted by Gasteiger charge is 2.57. The summed E-state index contributed by atoms with van der Waals surface area (Å²) in [6.45, 7) is 10.6. The van der Waals surface area contributed by atoms with Crippen molar-refractivity contribution in [3.63, 3.8) is 0 Å². The number of hydrogen-bond donors (Lipinski definition) is 0. The zero-order valence-electron chi connectivity index (χ0n) is 14.4. The third-order valence-corrected chi connectivity index (χ3v) is 6.11. The lowest BCUT2D eigenvalue weighted by Gasteiger charge is -2.23. The number of ether oxygens (including phenoxy) is 1. The molecular formula is C20H30N2O. The van der Waals surface area contributed by atoms with Gasteiger partial charge in [-0.2, -0.15) is 0 Å². The van der Waals surface area contributed by atoms with Crippen LogP contribution >= 0.6 is 0 Å². The lowest BCUT2D eigenvalue weighted by atomic mass is 10.1. The molecule has 1 aromatic rings. The van der Waals surface area contributed by atoms with Crippen molar-refractivity contribution in [1.82, 2.24) is 9.80 Å². The average Bonchev–Trinajstić information content (AvgIpc) is 2.95. The number of benzene rings is 1.